The van der Waals surface area contributed by atoms with Crippen molar-refractivity contribution in [2.45, 2.75) is 326 Å². The molecule has 19 rings (SSSR count). The Labute approximate surface area is 845 Å². The van der Waals surface area contributed by atoms with Gasteiger partial charge in [-0.1, -0.05) is 92.9 Å². The molecule has 22 nitrogen and oxygen atoms in total. The van der Waals surface area contributed by atoms with Crippen LogP contribution in [0.1, 0.15) is 292 Å². The van der Waals surface area contributed by atoms with Crippen molar-refractivity contribution in [1.82, 2.24) is 0 Å². The van der Waals surface area contributed by atoms with Crippen LogP contribution < -0.4 is 29.6 Å². The number of alkyl halides is 2. The Morgan fingerprint density at radius 2 is 0.742 bits per heavy atom. The topological polar surface area (TPSA) is 362 Å². The standard InChI is InChI=1S/C26H34O4.C21H34O4.C19H30O3.C18H27IO2.C8H7IO2.C6H15ClSi.C4H10O3.C2H6O2.CH4O.Na.H2O/c27-19-7-9-20-18(16-19)6-8-22-21(20)12-13-26(23(22)10-11-24(26)28)14-15-30-25(29)17-4-2-1-3-5-17;22-10-9-20-7-5-16-15-6-8-21(24-11-12-25-21)13-14(15)1-2-17(16)18(20)3-4-19(20)23;20-10-9-19-8-7-15-14-4-2-13(21)11-12(14)1-3-16(15)17(19)5-6-18(19)22;19-10-18-8-7-14-13-4-2-12(20)9-11(13)1-3-15(14)16(18)5-6-17(18)21;9-6-11-8(10)7-4-2-1-3-5-7;1-6(2,3)8(4,5)7;1-5-4(6-2)7-3;3-1-2-4;1-2;;/h1-5,18,20-24,28H,6-16H2;14-19,22-23H,1-13H2;12,14-18,20,22H,1-11H2;11,13-17,21H,1-10H2;1-5H,6H2;1-5H3;4H,1-3H3;3-4H,1-2H2;2H,1H3;;1H2/q;;;;;;;;;+1;/p-1/t18-,20?,21?,22?,23?,24-,26+;14-,15?,16?,17?,18?,19-,20+;12-,14?,15?,16?,17?,18-,19+;11-,13?,14?,15?,16?,17-,18+;;;;;;;/m0000......./s1. The van der Waals surface area contributed by atoms with Crippen molar-refractivity contribution in [2.75, 3.05) is 83.7 Å². The molecule has 16 unspecified atom stereocenters. The minimum atomic E-state index is -1.39. The van der Waals surface area contributed by atoms with Crippen LogP contribution >= 0.6 is 56.3 Å². The fourth-order valence-electron chi connectivity index (χ4n) is 30.8. The van der Waals surface area contributed by atoms with Gasteiger partial charge in [0.2, 0.25) is 0 Å². The number of benzene rings is 2. The molecule has 17 aliphatic rings. The van der Waals surface area contributed by atoms with E-state index in [1.54, 1.807) is 24.3 Å². The molecule has 16 saturated carbocycles. The smallest absolute Gasteiger partial charge is 0.870 e. The molecule has 28 atom stereocenters. The van der Waals surface area contributed by atoms with Gasteiger partial charge in [0, 0.05) is 119 Å². The molecule has 2 aromatic carbocycles. The number of halogens is 3. The van der Waals surface area contributed by atoms with Gasteiger partial charge in [0.25, 0.3) is 6.48 Å². The fourth-order valence-corrected chi connectivity index (χ4v) is 32.5. The summed E-state index contributed by atoms with van der Waals surface area (Å²) in [5, 5.41) is 84.7. The Morgan fingerprint density at radius 3 is 1.06 bits per heavy atom. The van der Waals surface area contributed by atoms with Gasteiger partial charge < -0.3 is 84.6 Å². The molecule has 1 saturated heterocycles. The van der Waals surface area contributed by atoms with Crippen molar-refractivity contribution in [3.05, 3.63) is 71.8 Å². The molecule has 16 aliphatic carbocycles. The van der Waals surface area contributed by atoms with Crippen LogP contribution in [0.5, 0.6) is 0 Å². The zero-order valence-corrected chi connectivity index (χ0v) is 89.7. The molecule has 0 aromatic heterocycles. The van der Waals surface area contributed by atoms with Gasteiger partial charge in [-0.05, 0) is 369 Å². The monoisotopic (exact) mass is 2120 g/mol. The first-order valence-electron chi connectivity index (χ1n) is 50.7. The average molecular weight is 2120 g/mol. The number of hydrogen-bond acceptors (Lipinski definition) is 22. The normalized spacial score (nSPS) is 38.2. The van der Waals surface area contributed by atoms with E-state index in [0.717, 1.165) is 243 Å². The molecule has 0 radical (unpaired) electrons. The van der Waals surface area contributed by atoms with Crippen LogP contribution in [0.2, 0.25) is 18.1 Å². The van der Waals surface area contributed by atoms with Gasteiger partial charge in [0.15, 0.2) is 13.2 Å². The second-order valence-corrected chi connectivity index (χ2v) is 52.5. The molecule has 0 bridgehead atoms. The fraction of sp³-hybridized carbons (Fsp3) is 0.838. The summed E-state index contributed by atoms with van der Waals surface area (Å²) in [5.74, 6) is 15.4. The predicted octanol–water partition coefficient (Wildman–Crippen LogP) is 15.9. The van der Waals surface area contributed by atoms with E-state index in [-0.39, 0.29) is 125 Å². The van der Waals surface area contributed by atoms with Crippen LogP contribution in [0, 0.1) is 140 Å². The molecule has 1 heterocycles. The van der Waals surface area contributed by atoms with E-state index >= 15 is 0 Å². The Balaban J connectivity index is 0.000000178. The largest absolute Gasteiger partial charge is 1.00 e. The third kappa shape index (κ3) is 26.3. The number of esters is 2. The van der Waals surface area contributed by atoms with Crippen LogP contribution in [0.15, 0.2) is 60.7 Å². The maximum atomic E-state index is 12.4. The zero-order chi connectivity index (χ0) is 93.9. The molecule has 132 heavy (non-hydrogen) atoms. The summed E-state index contributed by atoms with van der Waals surface area (Å²) in [6.45, 7) is 12.6. The number of fused-ring (bicyclic) bond motifs is 20. The summed E-state index contributed by atoms with van der Waals surface area (Å²) in [7, 11) is 4.15. The number of rotatable bonds is 15. The molecule has 746 valence electrons. The number of ketones is 3. The first kappa shape index (κ1) is 114. The van der Waals surface area contributed by atoms with Gasteiger partial charge in [0.05, 0.1) is 68.6 Å². The summed E-state index contributed by atoms with van der Waals surface area (Å²) >= 11 is 10.7. The summed E-state index contributed by atoms with van der Waals surface area (Å²) in [6, 6.07) is 18.1. The van der Waals surface area contributed by atoms with E-state index in [9.17, 15) is 54.6 Å². The van der Waals surface area contributed by atoms with Crippen LogP contribution in [0.25, 0.3) is 0 Å². The second kappa shape index (κ2) is 52.8. The van der Waals surface area contributed by atoms with Crippen LogP contribution in [-0.2, 0) is 47.5 Å². The van der Waals surface area contributed by atoms with Gasteiger partial charge >= 0.3 is 41.5 Å². The first-order chi connectivity index (χ1) is 62.4. The SMILES string of the molecule is CC(C)(C)[Si](C)(C)Cl.CO.COC(OC)OC.O=C(OCI)c1ccccc1.O=C1CCC2C3CC[C@@]4(CCO)C(CC[C@@H]4O)C3CC[C@H]2C1.O=C1CCC2C3CC[C@@]4(CCOC(=O)c5ccccc5)C(CC[C@@H]4O)C3CC[C@H]2C1.O=C1CCC2C3CC[C@@]4(CI)C(CC[C@@H]4O)C3CC[C@H]2C1.OCCO.OCC[C@]12CCC3C(CC[C@H]4CC5(CCC34)OCCO5)C1CC[C@@H]2O.[Na+].[OH-]. The number of carbonyl (C=O) groups excluding carboxylic acids is 5. The minimum absolute atomic E-state index is 0. The third-order valence-electron chi connectivity index (χ3n) is 37.6. The second-order valence-electron chi connectivity index (χ2n) is 43.8. The third-order valence-corrected chi connectivity index (χ3v) is 44.6. The van der Waals surface area contributed by atoms with E-state index in [1.807, 2.05) is 59.0 Å². The number of hydrogen-bond donors (Lipinski definition) is 9. The molecule has 17 fully saturated rings. The number of methoxy groups -OCH3 is 3. The quantitative estimate of drug-likeness (QED) is 0.0200. The Bertz CT molecular complexity index is 3780. The van der Waals surface area contributed by atoms with E-state index in [2.05, 4.69) is 70.7 Å². The van der Waals surface area contributed by atoms with Gasteiger partial charge in [0.1, 0.15) is 22.0 Å². The summed E-state index contributed by atoms with van der Waals surface area (Å²) in [5.41, 5.74) is 1.37. The Hall–Kier alpha value is -1.24. The molecule has 2 aromatic rings. The maximum absolute atomic E-state index is 12.4. The van der Waals surface area contributed by atoms with Crippen molar-refractivity contribution in [3.63, 3.8) is 0 Å². The van der Waals surface area contributed by atoms with E-state index in [1.165, 1.54) is 124 Å². The van der Waals surface area contributed by atoms with E-state index < -0.39 is 13.9 Å². The molecular formula is C105H168ClI2NaO22Si. The average Bonchev–Trinajstić information content (AvgIpc) is 1.77. The van der Waals surface area contributed by atoms with Gasteiger partial charge in [-0.15, -0.1) is 0 Å². The molecule has 1 aliphatic heterocycles. The molecule has 1 spiro atoms. The number of Topliss-reactive ketones (excluding diaryl/α,β-unsaturated/α-hetero) is 3. The predicted molar refractivity (Wildman–Crippen MR) is 526 cm³/mol. The number of aliphatic hydroxyl groups is 9. The number of ether oxygens (including phenoxy) is 7. The van der Waals surface area contributed by atoms with Crippen LogP contribution in [-0.4, -0.2) is 209 Å². The Kier molecular flexibility index (Phi) is 45.8. The van der Waals surface area contributed by atoms with E-state index in [0.29, 0.717) is 92.1 Å². The Morgan fingerprint density at radius 1 is 0.432 bits per heavy atom. The van der Waals surface area contributed by atoms with Crippen molar-refractivity contribution < 1.29 is 138 Å². The van der Waals surface area contributed by atoms with Crippen LogP contribution in [0.4, 0.5) is 0 Å². The first-order valence-corrected chi connectivity index (χ1v) is 57.8. The van der Waals surface area contributed by atoms with Gasteiger partial charge in [-0.2, -0.15) is 11.1 Å². The molecule has 27 heteroatoms. The molecule has 0 amide bonds. The van der Waals surface area contributed by atoms with Crippen molar-refractivity contribution in [2.24, 2.45) is 140 Å². The van der Waals surface area contributed by atoms with Crippen LogP contribution in [0.3, 0.4) is 0 Å². The number of aliphatic hydroxyl groups excluding tert-OH is 9. The van der Waals surface area contributed by atoms with Crippen molar-refractivity contribution in [3.8, 4) is 0 Å². The number of carbonyl (C=O) groups is 5. The van der Waals surface area contributed by atoms with Gasteiger partial charge in [-0.25, -0.2) is 9.59 Å². The van der Waals surface area contributed by atoms with E-state index in [4.69, 9.17) is 45.3 Å². The van der Waals surface area contributed by atoms with Crippen molar-refractivity contribution in [1.29, 1.82) is 0 Å². The van der Waals surface area contributed by atoms with Gasteiger partial charge in [-0.3, -0.25) is 14.4 Å². The summed E-state index contributed by atoms with van der Waals surface area (Å²) in [4.78, 5) is 58.9. The molecule has 10 N–H and O–H groups in total. The minimum Gasteiger partial charge on any atom is -0.870 e. The summed E-state index contributed by atoms with van der Waals surface area (Å²) in [6.07, 6.45) is 41.4. The van der Waals surface area contributed by atoms with Crippen molar-refractivity contribution >= 4 is 92.9 Å². The maximum Gasteiger partial charge on any atom is 1.00 e. The zero-order valence-electron chi connectivity index (χ0n) is 81.7. The summed E-state index contributed by atoms with van der Waals surface area (Å²) < 4.78 is 37.8. The molecular weight excluding hydrogens is 1950 g/mol.